The highest BCUT2D eigenvalue weighted by Gasteiger charge is 2.45. The number of benzene rings is 2. The number of allylic oxidation sites excluding steroid dienone is 1. The molecule has 0 bridgehead atoms. The first-order valence-corrected chi connectivity index (χ1v) is 9.30. The fourth-order valence-electron chi connectivity index (χ4n) is 3.80. The summed E-state index contributed by atoms with van der Waals surface area (Å²) >= 11 is 5.91. The molecular formula is C21H16ClNO5. The van der Waals surface area contributed by atoms with Crippen molar-refractivity contribution >= 4 is 28.9 Å². The molecule has 0 fully saturated rings. The fraction of sp³-hybridized carbons (Fsp3) is 0.238. The molecule has 0 amide bonds. The first-order chi connectivity index (χ1) is 13.5. The van der Waals surface area contributed by atoms with Crippen molar-refractivity contribution in [3.63, 3.8) is 0 Å². The summed E-state index contributed by atoms with van der Waals surface area (Å²) in [6, 6.07) is 12.4. The van der Waals surface area contributed by atoms with Gasteiger partial charge >= 0.3 is 0 Å². The van der Waals surface area contributed by atoms with Crippen LogP contribution in [0.3, 0.4) is 0 Å². The number of rotatable bonds is 4. The molecule has 6 nitrogen and oxygen atoms in total. The number of Topliss-reactive ketones (excluding diaryl/α,β-unsaturated/α-hetero) is 2. The van der Waals surface area contributed by atoms with Gasteiger partial charge in [0.2, 0.25) is 5.78 Å². The summed E-state index contributed by atoms with van der Waals surface area (Å²) in [7, 11) is 0. The topological polar surface area (TPSA) is 86.5 Å². The van der Waals surface area contributed by atoms with Crippen LogP contribution in [0.25, 0.3) is 0 Å². The van der Waals surface area contributed by atoms with Gasteiger partial charge in [0.15, 0.2) is 11.9 Å². The van der Waals surface area contributed by atoms with Crippen LogP contribution in [-0.4, -0.2) is 22.6 Å². The Balaban J connectivity index is 1.75. The Labute approximate surface area is 165 Å². The lowest BCUT2D eigenvalue weighted by Gasteiger charge is -2.20. The first-order valence-electron chi connectivity index (χ1n) is 8.93. The van der Waals surface area contributed by atoms with Crippen molar-refractivity contribution in [2.24, 2.45) is 0 Å². The fourth-order valence-corrected chi connectivity index (χ4v) is 3.93. The SMILES string of the molecule is O=C1CCCC2=C1[C@@H](c1ccc([N+](=O)[O-])cc1)[C@H](C(=O)c1ccc(Cl)cc1)O2. The molecule has 1 aliphatic heterocycles. The molecule has 142 valence electrons. The number of halogens is 1. The molecule has 0 saturated carbocycles. The lowest BCUT2D eigenvalue weighted by atomic mass is 9.80. The van der Waals surface area contributed by atoms with Crippen LogP contribution in [0, 0.1) is 10.1 Å². The van der Waals surface area contributed by atoms with Gasteiger partial charge in [-0.2, -0.15) is 0 Å². The summed E-state index contributed by atoms with van der Waals surface area (Å²) in [5.41, 5.74) is 1.56. The van der Waals surface area contributed by atoms with E-state index in [9.17, 15) is 19.7 Å². The third-order valence-corrected chi connectivity index (χ3v) is 5.39. The molecule has 0 aromatic heterocycles. The zero-order valence-electron chi connectivity index (χ0n) is 14.8. The van der Waals surface area contributed by atoms with Crippen molar-refractivity contribution in [2.45, 2.75) is 31.3 Å². The molecule has 7 heteroatoms. The monoisotopic (exact) mass is 397 g/mol. The maximum Gasteiger partial charge on any atom is 0.269 e. The van der Waals surface area contributed by atoms with E-state index in [4.69, 9.17) is 16.3 Å². The normalized spacial score (nSPS) is 21.2. The zero-order valence-corrected chi connectivity index (χ0v) is 15.5. The standard InChI is InChI=1S/C21H16ClNO5/c22-14-8-4-13(5-9-14)20(25)21-18(12-6-10-15(11-7-12)23(26)27)19-16(24)2-1-3-17(19)28-21/h4-11,18,21H,1-3H2/t18-,21-/m1/s1. The Hall–Kier alpha value is -2.99. The summed E-state index contributed by atoms with van der Waals surface area (Å²) in [5, 5.41) is 11.5. The molecule has 0 N–H and O–H groups in total. The summed E-state index contributed by atoms with van der Waals surface area (Å²) in [5.74, 6) is -0.295. The molecular weight excluding hydrogens is 382 g/mol. The Morgan fingerprint density at radius 3 is 2.39 bits per heavy atom. The highest BCUT2D eigenvalue weighted by atomic mass is 35.5. The third-order valence-electron chi connectivity index (χ3n) is 5.14. The Morgan fingerprint density at radius 2 is 1.75 bits per heavy atom. The van der Waals surface area contributed by atoms with Crippen LogP contribution in [0.4, 0.5) is 5.69 Å². The molecule has 1 heterocycles. The van der Waals surface area contributed by atoms with Gasteiger partial charge in [-0.15, -0.1) is 0 Å². The van der Waals surface area contributed by atoms with E-state index in [1.165, 1.54) is 12.1 Å². The average Bonchev–Trinajstić information content (AvgIpc) is 3.09. The van der Waals surface area contributed by atoms with Crippen molar-refractivity contribution in [2.75, 3.05) is 0 Å². The third kappa shape index (κ3) is 3.20. The maximum atomic E-state index is 13.2. The van der Waals surface area contributed by atoms with Gasteiger partial charge in [0, 0.05) is 41.1 Å². The summed E-state index contributed by atoms with van der Waals surface area (Å²) in [4.78, 5) is 36.2. The number of nitrogens with zero attached hydrogens (tertiary/aromatic N) is 1. The number of ether oxygens (including phenoxy) is 1. The molecule has 0 radical (unpaired) electrons. The van der Waals surface area contributed by atoms with Crippen LogP contribution in [0.5, 0.6) is 0 Å². The molecule has 28 heavy (non-hydrogen) atoms. The van der Waals surface area contributed by atoms with E-state index in [2.05, 4.69) is 0 Å². The minimum Gasteiger partial charge on any atom is -0.485 e. The van der Waals surface area contributed by atoms with E-state index in [1.807, 2.05) is 0 Å². The predicted octanol–water partition coefficient (Wildman–Crippen LogP) is 4.62. The molecule has 1 aliphatic carbocycles. The predicted molar refractivity (Wildman–Crippen MR) is 102 cm³/mol. The summed E-state index contributed by atoms with van der Waals surface area (Å²) < 4.78 is 5.97. The Kier molecular flexibility index (Phi) is 4.73. The van der Waals surface area contributed by atoms with Crippen molar-refractivity contribution in [3.05, 3.63) is 86.1 Å². The first kappa shape index (κ1) is 18.4. The van der Waals surface area contributed by atoms with E-state index in [0.717, 1.165) is 0 Å². The van der Waals surface area contributed by atoms with Gasteiger partial charge in [0.05, 0.1) is 10.8 Å². The van der Waals surface area contributed by atoms with Crippen molar-refractivity contribution < 1.29 is 19.2 Å². The lowest BCUT2D eigenvalue weighted by Crippen LogP contribution is -2.28. The van der Waals surface area contributed by atoms with Gasteiger partial charge in [0.1, 0.15) is 5.76 Å². The van der Waals surface area contributed by atoms with Gasteiger partial charge in [-0.05, 0) is 36.2 Å². The largest absolute Gasteiger partial charge is 0.485 e. The van der Waals surface area contributed by atoms with Crippen LogP contribution in [0.2, 0.25) is 5.02 Å². The van der Waals surface area contributed by atoms with Gasteiger partial charge in [-0.25, -0.2) is 0 Å². The minimum atomic E-state index is -0.880. The van der Waals surface area contributed by atoms with E-state index >= 15 is 0 Å². The number of hydrogen-bond acceptors (Lipinski definition) is 5. The Morgan fingerprint density at radius 1 is 1.07 bits per heavy atom. The number of carbonyl (C=O) groups excluding carboxylic acids is 2. The van der Waals surface area contributed by atoms with E-state index in [0.29, 0.717) is 46.7 Å². The van der Waals surface area contributed by atoms with Gasteiger partial charge in [-0.3, -0.25) is 19.7 Å². The van der Waals surface area contributed by atoms with Crippen molar-refractivity contribution in [1.29, 1.82) is 0 Å². The number of nitro benzene ring substituents is 1. The van der Waals surface area contributed by atoms with E-state index in [1.54, 1.807) is 36.4 Å². The molecule has 2 aromatic rings. The number of carbonyl (C=O) groups is 2. The number of non-ortho nitro benzene ring substituents is 1. The van der Waals surface area contributed by atoms with Gasteiger partial charge in [0.25, 0.3) is 5.69 Å². The number of nitro groups is 1. The zero-order chi connectivity index (χ0) is 19.8. The van der Waals surface area contributed by atoms with Crippen LogP contribution in [-0.2, 0) is 9.53 Å². The molecule has 4 rings (SSSR count). The summed E-state index contributed by atoms with van der Waals surface area (Å²) in [6.45, 7) is 0. The second-order valence-electron chi connectivity index (χ2n) is 6.85. The van der Waals surface area contributed by atoms with Crippen LogP contribution >= 0.6 is 11.6 Å². The molecule has 2 atom stereocenters. The molecule has 0 saturated heterocycles. The van der Waals surface area contributed by atoms with Crippen LogP contribution in [0.15, 0.2) is 59.9 Å². The molecule has 2 aromatic carbocycles. The van der Waals surface area contributed by atoms with Crippen molar-refractivity contribution in [1.82, 2.24) is 0 Å². The van der Waals surface area contributed by atoms with Crippen molar-refractivity contribution in [3.8, 4) is 0 Å². The maximum absolute atomic E-state index is 13.2. The van der Waals surface area contributed by atoms with Gasteiger partial charge < -0.3 is 4.74 Å². The Bertz CT molecular complexity index is 994. The molecule has 0 unspecified atom stereocenters. The lowest BCUT2D eigenvalue weighted by molar-refractivity contribution is -0.384. The van der Waals surface area contributed by atoms with Gasteiger partial charge in [-0.1, -0.05) is 23.7 Å². The van der Waals surface area contributed by atoms with E-state index < -0.39 is 16.9 Å². The molecule has 2 aliphatic rings. The average molecular weight is 398 g/mol. The van der Waals surface area contributed by atoms with Crippen LogP contribution in [0.1, 0.15) is 41.1 Å². The molecule has 0 spiro atoms. The highest BCUT2D eigenvalue weighted by Crippen LogP contribution is 2.45. The smallest absolute Gasteiger partial charge is 0.269 e. The second-order valence-corrected chi connectivity index (χ2v) is 7.29. The second kappa shape index (κ2) is 7.20. The number of hydrogen-bond donors (Lipinski definition) is 0. The minimum absolute atomic E-state index is 0.0315. The number of ketones is 2. The van der Waals surface area contributed by atoms with E-state index in [-0.39, 0.29) is 17.3 Å². The quantitative estimate of drug-likeness (QED) is 0.426. The summed E-state index contributed by atoms with van der Waals surface area (Å²) in [6.07, 6.45) is 0.823. The van der Waals surface area contributed by atoms with Crippen LogP contribution < -0.4 is 0 Å². The highest BCUT2D eigenvalue weighted by molar-refractivity contribution is 6.30.